The number of pyridine rings is 1. The fourth-order valence-corrected chi connectivity index (χ4v) is 4.83. The van der Waals surface area contributed by atoms with Gasteiger partial charge in [0.15, 0.2) is 0 Å². The van der Waals surface area contributed by atoms with Gasteiger partial charge in [-0.1, -0.05) is 13.8 Å². The molecule has 0 aromatic carbocycles. The molecule has 1 unspecified atom stereocenters. The van der Waals surface area contributed by atoms with E-state index in [1.807, 2.05) is 25.4 Å². The molecule has 1 fully saturated rings. The number of fused-ring (bicyclic) bond motifs is 3. The molecule has 174 valence electrons. The summed E-state index contributed by atoms with van der Waals surface area (Å²) in [5, 5.41) is 4.12. The summed E-state index contributed by atoms with van der Waals surface area (Å²) in [5.74, 6) is 1.73. The Morgan fingerprint density at radius 2 is 1.88 bits per heavy atom. The smallest absolute Gasteiger partial charge is 0.270 e. The number of carbonyl (C=O) groups excluding carboxylic acids is 1. The molecular formula is C24H32N8O. The molecule has 33 heavy (non-hydrogen) atoms. The molecule has 3 aromatic rings. The monoisotopic (exact) mass is 448 g/mol. The number of amides is 1. The first-order valence-corrected chi connectivity index (χ1v) is 11.7. The van der Waals surface area contributed by atoms with Gasteiger partial charge in [0.1, 0.15) is 17.2 Å². The van der Waals surface area contributed by atoms with Gasteiger partial charge in [0.25, 0.3) is 5.91 Å². The standard InChI is InChI=1S/C24H32N8O/c1-16(2)11-19-15-30(4)23(33)20-12-17-13-26-24(28-22(17)32(19)20)27-21-6-5-18(14-25-21)31-9-7-29(3)8-10-31/h5-6,12-14,16,19H,7-11,15H2,1-4H3,(H,25,26,27,28). The number of carbonyl (C=O) groups is 1. The van der Waals surface area contributed by atoms with E-state index in [-0.39, 0.29) is 11.9 Å². The lowest BCUT2D eigenvalue weighted by Crippen LogP contribution is -2.44. The summed E-state index contributed by atoms with van der Waals surface area (Å²) in [5.41, 5.74) is 2.61. The van der Waals surface area contributed by atoms with Crippen molar-refractivity contribution >= 4 is 34.4 Å². The van der Waals surface area contributed by atoms with Crippen LogP contribution < -0.4 is 10.2 Å². The van der Waals surface area contributed by atoms with Crippen LogP contribution >= 0.6 is 0 Å². The fourth-order valence-electron chi connectivity index (χ4n) is 4.83. The van der Waals surface area contributed by atoms with Crippen LogP contribution in [0.15, 0.2) is 30.6 Å². The van der Waals surface area contributed by atoms with Gasteiger partial charge >= 0.3 is 0 Å². The number of hydrogen-bond donors (Lipinski definition) is 1. The zero-order valence-electron chi connectivity index (χ0n) is 19.8. The number of piperazine rings is 1. The van der Waals surface area contributed by atoms with Crippen molar-refractivity contribution in [2.45, 2.75) is 26.3 Å². The Hall–Kier alpha value is -3.20. The van der Waals surface area contributed by atoms with Crippen LogP contribution in [0.4, 0.5) is 17.5 Å². The second-order valence-electron chi connectivity index (χ2n) is 9.66. The molecule has 0 bridgehead atoms. The Bertz CT molecular complexity index is 1150. The minimum absolute atomic E-state index is 0.0312. The van der Waals surface area contributed by atoms with E-state index in [0.717, 1.165) is 49.3 Å². The van der Waals surface area contributed by atoms with E-state index < -0.39 is 0 Å². The van der Waals surface area contributed by atoms with Crippen molar-refractivity contribution in [3.63, 3.8) is 0 Å². The Labute approximate surface area is 194 Å². The minimum Gasteiger partial charge on any atom is -0.368 e. The predicted octanol–water partition coefficient (Wildman–Crippen LogP) is 2.99. The molecule has 1 saturated heterocycles. The maximum atomic E-state index is 12.8. The quantitative estimate of drug-likeness (QED) is 0.642. The molecule has 5 rings (SSSR count). The molecule has 1 N–H and O–H groups in total. The Balaban J connectivity index is 1.40. The number of hydrogen-bond acceptors (Lipinski definition) is 7. The highest BCUT2D eigenvalue weighted by atomic mass is 16.2. The molecule has 1 amide bonds. The van der Waals surface area contributed by atoms with E-state index in [1.165, 1.54) is 0 Å². The molecule has 9 heteroatoms. The van der Waals surface area contributed by atoms with Crippen LogP contribution in [0.25, 0.3) is 11.0 Å². The molecule has 1 atom stereocenters. The van der Waals surface area contributed by atoms with Crippen molar-refractivity contribution in [1.82, 2.24) is 29.3 Å². The summed E-state index contributed by atoms with van der Waals surface area (Å²) in [4.78, 5) is 33.2. The van der Waals surface area contributed by atoms with Gasteiger partial charge in [-0.25, -0.2) is 9.97 Å². The summed E-state index contributed by atoms with van der Waals surface area (Å²) in [6, 6.07) is 6.16. The van der Waals surface area contributed by atoms with Crippen LogP contribution in [-0.2, 0) is 0 Å². The second-order valence-corrected chi connectivity index (χ2v) is 9.66. The molecule has 5 heterocycles. The number of rotatable bonds is 5. The Morgan fingerprint density at radius 3 is 2.58 bits per heavy atom. The number of aromatic nitrogens is 4. The highest BCUT2D eigenvalue weighted by Gasteiger charge is 2.32. The number of nitrogens with zero attached hydrogens (tertiary/aromatic N) is 7. The van der Waals surface area contributed by atoms with E-state index in [2.05, 4.69) is 56.6 Å². The SMILES string of the molecule is CC(C)CC1CN(C)C(=O)c2cc3cnc(Nc4ccc(N5CCN(C)CC5)cn4)nc3n21. The van der Waals surface area contributed by atoms with Crippen molar-refractivity contribution in [2.75, 3.05) is 57.0 Å². The summed E-state index contributed by atoms with van der Waals surface area (Å²) >= 11 is 0. The highest BCUT2D eigenvalue weighted by Crippen LogP contribution is 2.32. The van der Waals surface area contributed by atoms with Gasteiger partial charge in [0, 0.05) is 51.4 Å². The fraction of sp³-hybridized carbons (Fsp3) is 0.500. The lowest BCUT2D eigenvalue weighted by Gasteiger charge is -2.33. The Morgan fingerprint density at radius 1 is 1.09 bits per heavy atom. The van der Waals surface area contributed by atoms with E-state index in [9.17, 15) is 4.79 Å². The first-order chi connectivity index (χ1) is 15.9. The minimum atomic E-state index is 0.0312. The average Bonchev–Trinajstić information content (AvgIpc) is 3.17. The van der Waals surface area contributed by atoms with Crippen LogP contribution in [0.3, 0.4) is 0 Å². The topological polar surface area (TPSA) is 82.4 Å². The molecule has 9 nitrogen and oxygen atoms in total. The third-order valence-corrected chi connectivity index (χ3v) is 6.59. The van der Waals surface area contributed by atoms with Crippen LogP contribution in [0, 0.1) is 5.92 Å². The van der Waals surface area contributed by atoms with Gasteiger partial charge < -0.3 is 24.6 Å². The van der Waals surface area contributed by atoms with Crippen molar-refractivity contribution in [3.05, 3.63) is 36.3 Å². The van der Waals surface area contributed by atoms with Gasteiger partial charge in [-0.2, -0.15) is 4.98 Å². The predicted molar refractivity (Wildman–Crippen MR) is 130 cm³/mol. The van der Waals surface area contributed by atoms with E-state index in [4.69, 9.17) is 4.98 Å². The van der Waals surface area contributed by atoms with Crippen LogP contribution in [-0.4, -0.2) is 82.0 Å². The largest absolute Gasteiger partial charge is 0.368 e. The zero-order valence-corrected chi connectivity index (χ0v) is 19.8. The van der Waals surface area contributed by atoms with Gasteiger partial charge in [0.2, 0.25) is 5.95 Å². The van der Waals surface area contributed by atoms with Gasteiger partial charge in [-0.3, -0.25) is 4.79 Å². The van der Waals surface area contributed by atoms with E-state index >= 15 is 0 Å². The third-order valence-electron chi connectivity index (χ3n) is 6.59. The Kier molecular flexibility index (Phi) is 5.65. The first-order valence-electron chi connectivity index (χ1n) is 11.7. The molecule has 2 aliphatic rings. The van der Waals surface area contributed by atoms with Crippen molar-refractivity contribution in [3.8, 4) is 0 Å². The zero-order chi connectivity index (χ0) is 23.1. The number of anilines is 3. The van der Waals surface area contributed by atoms with Crippen LogP contribution in [0.1, 0.15) is 36.8 Å². The molecule has 0 radical (unpaired) electrons. The lowest BCUT2D eigenvalue weighted by molar-refractivity contribution is 0.0710. The van der Waals surface area contributed by atoms with Gasteiger partial charge in [0.05, 0.1) is 17.9 Å². The molecule has 0 saturated carbocycles. The maximum absolute atomic E-state index is 12.8. The highest BCUT2D eigenvalue weighted by molar-refractivity contribution is 5.98. The molecule has 2 aliphatic heterocycles. The van der Waals surface area contributed by atoms with Gasteiger partial charge in [-0.15, -0.1) is 0 Å². The van der Waals surface area contributed by atoms with Gasteiger partial charge in [-0.05, 0) is 37.6 Å². The van der Waals surface area contributed by atoms with Crippen molar-refractivity contribution < 1.29 is 4.79 Å². The maximum Gasteiger partial charge on any atom is 0.270 e. The van der Waals surface area contributed by atoms with Crippen LogP contribution in [0.2, 0.25) is 0 Å². The summed E-state index contributed by atoms with van der Waals surface area (Å²) < 4.78 is 2.11. The molecule has 0 spiro atoms. The lowest BCUT2D eigenvalue weighted by atomic mass is 10.0. The normalized spacial score (nSPS) is 19.4. The van der Waals surface area contributed by atoms with E-state index in [0.29, 0.717) is 29.9 Å². The molecule has 0 aliphatic carbocycles. The van der Waals surface area contributed by atoms with Crippen LogP contribution in [0.5, 0.6) is 0 Å². The molecule has 3 aromatic heterocycles. The third kappa shape index (κ3) is 4.25. The number of likely N-dealkylation sites (N-methyl/N-ethyl adjacent to an activating group) is 2. The van der Waals surface area contributed by atoms with Crippen molar-refractivity contribution in [1.29, 1.82) is 0 Å². The van der Waals surface area contributed by atoms with Crippen molar-refractivity contribution in [2.24, 2.45) is 5.92 Å². The first kappa shape index (κ1) is 21.6. The van der Waals surface area contributed by atoms with E-state index in [1.54, 1.807) is 11.1 Å². The number of nitrogens with one attached hydrogen (secondary N) is 1. The average molecular weight is 449 g/mol. The molecular weight excluding hydrogens is 416 g/mol. The summed E-state index contributed by atoms with van der Waals surface area (Å²) in [7, 11) is 4.02. The second kappa shape index (κ2) is 8.62. The summed E-state index contributed by atoms with van der Waals surface area (Å²) in [6.07, 6.45) is 4.67. The summed E-state index contributed by atoms with van der Waals surface area (Å²) in [6.45, 7) is 9.25.